The van der Waals surface area contributed by atoms with Gasteiger partial charge in [0.2, 0.25) is 0 Å². The first-order chi connectivity index (χ1) is 15.4. The number of hydrogen-bond donors (Lipinski definition) is 2. The largest absolute Gasteiger partial charge is 0.385 e. The van der Waals surface area contributed by atoms with E-state index in [2.05, 4.69) is 9.97 Å². The van der Waals surface area contributed by atoms with Crippen molar-refractivity contribution in [1.82, 2.24) is 19.1 Å². The number of anilines is 1. The smallest absolute Gasteiger partial charge is 0.330 e. The number of carbonyl (C=O) groups excluding carboxylic acids is 1. The fourth-order valence-corrected chi connectivity index (χ4v) is 4.45. The number of ether oxygens (including phenoxy) is 1. The Morgan fingerprint density at radius 2 is 2.03 bits per heavy atom. The van der Waals surface area contributed by atoms with E-state index >= 15 is 0 Å². The number of thioether (sulfide) groups is 1. The molecule has 4 rings (SSSR count). The number of Topliss-reactive ketones (excluding diaryl/α,β-unsaturated/α-hetero) is 1. The molecule has 32 heavy (non-hydrogen) atoms. The van der Waals surface area contributed by atoms with E-state index in [1.165, 1.54) is 9.13 Å². The number of nitrogens with zero attached hydrogens (tertiary/aromatic N) is 3. The molecule has 10 nitrogen and oxygen atoms in total. The number of fused-ring (bicyclic) bond motifs is 1. The van der Waals surface area contributed by atoms with Crippen LogP contribution in [0.15, 0.2) is 43.8 Å². The molecule has 0 unspecified atom stereocenters. The molecular weight excluding hydrogens is 434 g/mol. The van der Waals surface area contributed by atoms with Crippen molar-refractivity contribution >= 4 is 34.3 Å². The van der Waals surface area contributed by atoms with Gasteiger partial charge in [0, 0.05) is 26.3 Å². The molecule has 0 atom stereocenters. The minimum atomic E-state index is -0.807. The van der Waals surface area contributed by atoms with Crippen LogP contribution in [0, 0.1) is 0 Å². The Morgan fingerprint density at radius 3 is 2.75 bits per heavy atom. The number of carbonyl (C=O) groups is 1. The van der Waals surface area contributed by atoms with E-state index in [9.17, 15) is 19.2 Å². The maximum atomic E-state index is 13.0. The van der Waals surface area contributed by atoms with Gasteiger partial charge < -0.3 is 10.5 Å². The maximum absolute atomic E-state index is 13.0. The van der Waals surface area contributed by atoms with Crippen LogP contribution in [-0.4, -0.2) is 44.4 Å². The average Bonchev–Trinajstić information content (AvgIpc) is 3.59. The number of hydrogen-bond acceptors (Lipinski definition) is 8. The van der Waals surface area contributed by atoms with Gasteiger partial charge in [-0.15, -0.1) is 0 Å². The highest BCUT2D eigenvalue weighted by Crippen LogP contribution is 2.35. The summed E-state index contributed by atoms with van der Waals surface area (Å²) in [6, 6.07) is 6.90. The molecule has 1 fully saturated rings. The van der Waals surface area contributed by atoms with E-state index in [0.29, 0.717) is 35.6 Å². The van der Waals surface area contributed by atoms with Gasteiger partial charge >= 0.3 is 5.69 Å². The van der Waals surface area contributed by atoms with Crippen molar-refractivity contribution in [1.29, 1.82) is 0 Å². The second-order valence-electron chi connectivity index (χ2n) is 7.55. The lowest BCUT2D eigenvalue weighted by Crippen LogP contribution is -2.36. The molecule has 3 N–H and O–H groups in total. The number of methoxy groups -OCH3 is 1. The third kappa shape index (κ3) is 4.26. The van der Waals surface area contributed by atoms with E-state index in [1.54, 1.807) is 31.4 Å². The minimum Gasteiger partial charge on any atom is -0.385 e. The molecule has 0 spiro atoms. The number of nitrogens with one attached hydrogen (secondary N) is 1. The highest BCUT2D eigenvalue weighted by Gasteiger charge is 2.30. The summed E-state index contributed by atoms with van der Waals surface area (Å²) in [4.78, 5) is 57.1. The monoisotopic (exact) mass is 457 g/mol. The standard InChI is InChI=1S/C21H23N5O5S/c1-31-10-4-9-25-19(29)13-5-2-3-6-14(13)23-21(25)32-11-15(27)16-17(22)26(12-7-8-12)20(30)24-18(16)28/h2-3,5-6,12H,4,7-11,22H2,1H3,(H,24,28,30). The normalized spacial score (nSPS) is 13.5. The van der Waals surface area contributed by atoms with Crippen LogP contribution >= 0.6 is 11.8 Å². The van der Waals surface area contributed by atoms with Gasteiger partial charge in [0.25, 0.3) is 11.1 Å². The van der Waals surface area contributed by atoms with Crippen LogP contribution in [-0.2, 0) is 11.3 Å². The highest BCUT2D eigenvalue weighted by atomic mass is 32.2. The minimum absolute atomic E-state index is 0.0910. The number of H-pyrrole nitrogens is 1. The van der Waals surface area contributed by atoms with Crippen molar-refractivity contribution < 1.29 is 9.53 Å². The Hall–Kier alpha value is -3.18. The van der Waals surface area contributed by atoms with Gasteiger partial charge in [-0.05, 0) is 31.4 Å². The Kier molecular flexibility index (Phi) is 6.28. The molecule has 0 aliphatic heterocycles. The number of aromatic amines is 1. The van der Waals surface area contributed by atoms with Crippen LogP contribution < -0.4 is 22.5 Å². The number of nitrogen functional groups attached to an aromatic ring is 1. The van der Waals surface area contributed by atoms with Crippen LogP contribution in [0.1, 0.15) is 35.7 Å². The lowest BCUT2D eigenvalue weighted by molar-refractivity contribution is 0.102. The highest BCUT2D eigenvalue weighted by molar-refractivity contribution is 7.99. The van der Waals surface area contributed by atoms with Crippen molar-refractivity contribution in [2.45, 2.75) is 37.0 Å². The predicted octanol–water partition coefficient (Wildman–Crippen LogP) is 1.18. The topological polar surface area (TPSA) is 142 Å². The van der Waals surface area contributed by atoms with E-state index in [1.807, 2.05) is 0 Å². The van der Waals surface area contributed by atoms with Crippen LogP contribution in [0.4, 0.5) is 5.82 Å². The molecular formula is C21H23N5O5S. The summed E-state index contributed by atoms with van der Waals surface area (Å²) < 4.78 is 7.87. The average molecular weight is 458 g/mol. The zero-order valence-corrected chi connectivity index (χ0v) is 18.3. The zero-order valence-electron chi connectivity index (χ0n) is 17.5. The lowest BCUT2D eigenvalue weighted by atomic mass is 10.2. The summed E-state index contributed by atoms with van der Waals surface area (Å²) >= 11 is 1.05. The number of para-hydroxylation sites is 1. The van der Waals surface area contributed by atoms with Crippen molar-refractivity contribution in [2.75, 3.05) is 25.2 Å². The summed E-state index contributed by atoms with van der Waals surface area (Å²) in [7, 11) is 1.58. The molecule has 1 saturated carbocycles. The summed E-state index contributed by atoms with van der Waals surface area (Å²) in [6.07, 6.45) is 2.14. The molecule has 1 aliphatic carbocycles. The van der Waals surface area contributed by atoms with E-state index in [-0.39, 0.29) is 28.7 Å². The van der Waals surface area contributed by atoms with Crippen LogP contribution in [0.25, 0.3) is 10.9 Å². The molecule has 2 aromatic heterocycles. The fraction of sp³-hybridized carbons (Fsp3) is 0.381. The lowest BCUT2D eigenvalue weighted by Gasteiger charge is -2.13. The molecule has 2 heterocycles. The van der Waals surface area contributed by atoms with Gasteiger partial charge in [0.05, 0.1) is 16.7 Å². The Morgan fingerprint density at radius 1 is 1.28 bits per heavy atom. The maximum Gasteiger partial charge on any atom is 0.330 e. The molecule has 3 aromatic rings. The molecule has 168 valence electrons. The fourth-order valence-electron chi connectivity index (χ4n) is 3.56. The Bertz CT molecular complexity index is 1360. The van der Waals surface area contributed by atoms with Crippen LogP contribution in [0.3, 0.4) is 0 Å². The molecule has 0 amide bonds. The van der Waals surface area contributed by atoms with Gasteiger partial charge in [0.15, 0.2) is 10.9 Å². The second kappa shape index (κ2) is 9.13. The van der Waals surface area contributed by atoms with Crippen molar-refractivity contribution in [3.8, 4) is 0 Å². The molecule has 1 aromatic carbocycles. The van der Waals surface area contributed by atoms with Crippen molar-refractivity contribution in [2.24, 2.45) is 0 Å². The zero-order chi connectivity index (χ0) is 22.8. The first-order valence-electron chi connectivity index (χ1n) is 10.2. The third-order valence-electron chi connectivity index (χ3n) is 5.26. The SMILES string of the molecule is COCCCn1c(SCC(=O)c2c(N)n(C3CC3)c(=O)[nH]c2=O)nc2ccccc2c1=O. The number of aromatic nitrogens is 4. The summed E-state index contributed by atoms with van der Waals surface area (Å²) in [5.74, 6) is -0.810. The van der Waals surface area contributed by atoms with Crippen molar-refractivity contribution in [3.05, 3.63) is 61.0 Å². The third-order valence-corrected chi connectivity index (χ3v) is 6.24. The Labute approximate surface area is 186 Å². The van der Waals surface area contributed by atoms with Crippen LogP contribution in [0.2, 0.25) is 0 Å². The number of nitrogens with two attached hydrogens (primary N) is 1. The van der Waals surface area contributed by atoms with Gasteiger partial charge in [0.1, 0.15) is 11.4 Å². The molecule has 0 radical (unpaired) electrons. The van der Waals surface area contributed by atoms with Gasteiger partial charge in [-0.25, -0.2) is 9.78 Å². The van der Waals surface area contributed by atoms with Gasteiger partial charge in [-0.3, -0.25) is 28.5 Å². The van der Waals surface area contributed by atoms with Gasteiger partial charge in [-0.2, -0.15) is 0 Å². The Balaban J connectivity index is 1.66. The summed E-state index contributed by atoms with van der Waals surface area (Å²) in [5, 5.41) is 0.849. The molecule has 11 heteroatoms. The first kappa shape index (κ1) is 22.0. The second-order valence-corrected chi connectivity index (χ2v) is 8.49. The van der Waals surface area contributed by atoms with E-state index in [0.717, 1.165) is 24.6 Å². The summed E-state index contributed by atoms with van der Waals surface area (Å²) in [5.41, 5.74) is 4.70. The van der Waals surface area contributed by atoms with Crippen molar-refractivity contribution in [3.63, 3.8) is 0 Å². The van der Waals surface area contributed by atoms with E-state index in [4.69, 9.17) is 10.5 Å². The number of rotatable bonds is 9. The predicted molar refractivity (Wildman–Crippen MR) is 122 cm³/mol. The molecule has 1 aliphatic rings. The van der Waals surface area contributed by atoms with E-state index < -0.39 is 17.0 Å². The first-order valence-corrected chi connectivity index (χ1v) is 11.2. The molecule has 0 bridgehead atoms. The number of benzene rings is 1. The van der Waals surface area contributed by atoms with Crippen LogP contribution in [0.5, 0.6) is 0 Å². The number of ketones is 1. The van der Waals surface area contributed by atoms with Gasteiger partial charge in [-0.1, -0.05) is 23.9 Å². The quantitative estimate of drug-likeness (QED) is 0.211. The summed E-state index contributed by atoms with van der Waals surface area (Å²) in [6.45, 7) is 0.841. The molecule has 0 saturated heterocycles.